The molecule has 0 aliphatic carbocycles. The summed E-state index contributed by atoms with van der Waals surface area (Å²) in [7, 11) is 1.57. The second kappa shape index (κ2) is 3.14. The van der Waals surface area contributed by atoms with Gasteiger partial charge in [-0.25, -0.2) is 0 Å². The van der Waals surface area contributed by atoms with Gasteiger partial charge in [0.1, 0.15) is 5.69 Å². The summed E-state index contributed by atoms with van der Waals surface area (Å²) in [5.74, 6) is -0.176. The lowest BCUT2D eigenvalue weighted by Gasteiger charge is -1.97. The lowest BCUT2D eigenvalue weighted by atomic mass is 10.3. The Morgan fingerprint density at radius 3 is 2.82 bits per heavy atom. The van der Waals surface area contributed by atoms with Crippen molar-refractivity contribution < 1.29 is 4.79 Å². The molecule has 0 atom stereocenters. The number of carbonyl (C=O) groups is 1. The van der Waals surface area contributed by atoms with Crippen molar-refractivity contribution in [1.29, 1.82) is 0 Å². The topological polar surface area (TPSA) is 42.0 Å². The summed E-state index contributed by atoms with van der Waals surface area (Å²) in [5.41, 5.74) is 1.22. The Kier molecular flexibility index (Phi) is 2.21. The first-order valence-electron chi connectivity index (χ1n) is 3.24. The van der Waals surface area contributed by atoms with Gasteiger partial charge in [0.25, 0.3) is 5.91 Å². The summed E-state index contributed by atoms with van der Waals surface area (Å²) >= 11 is 0. The van der Waals surface area contributed by atoms with Crippen LogP contribution in [0.2, 0.25) is 0 Å². The van der Waals surface area contributed by atoms with Crippen molar-refractivity contribution in [3.63, 3.8) is 0 Å². The highest BCUT2D eigenvalue weighted by Crippen LogP contribution is 1.97. The number of nitrogens with one attached hydrogen (secondary N) is 1. The van der Waals surface area contributed by atoms with E-state index >= 15 is 0 Å². The van der Waals surface area contributed by atoms with Gasteiger partial charge in [-0.05, 0) is 18.6 Å². The predicted octanol–water partition coefficient (Wildman–Crippen LogP) is 0.623. The van der Waals surface area contributed by atoms with Crippen LogP contribution in [0.5, 0.6) is 0 Å². The van der Waals surface area contributed by atoms with E-state index in [9.17, 15) is 4.79 Å². The average Bonchev–Trinajstić information content (AvgIpc) is 2.05. The van der Waals surface area contributed by atoms with Crippen molar-refractivity contribution in [2.75, 3.05) is 7.05 Å². The van der Waals surface area contributed by atoms with E-state index in [1.54, 1.807) is 25.4 Å². The van der Waals surface area contributed by atoms with Gasteiger partial charge in [0, 0.05) is 13.2 Å². The van der Waals surface area contributed by atoms with Crippen LogP contribution in [0, 0.1) is 6.92 Å². The molecule has 1 N–H and O–H groups in total. The Morgan fingerprint density at radius 1 is 1.64 bits per heavy atom. The normalized spacial score (nSPS) is 9.27. The highest BCUT2D eigenvalue weighted by Gasteiger charge is 2.01. The van der Waals surface area contributed by atoms with Crippen molar-refractivity contribution in [3.05, 3.63) is 36.5 Å². The van der Waals surface area contributed by atoms with Gasteiger partial charge in [0.2, 0.25) is 0 Å². The van der Waals surface area contributed by atoms with Crippen molar-refractivity contribution in [1.82, 2.24) is 10.3 Å². The summed E-state index contributed by atoms with van der Waals surface area (Å²) in [4.78, 5) is 14.8. The maximum absolute atomic E-state index is 10.9. The molecule has 57 valence electrons. The van der Waals surface area contributed by atoms with Gasteiger partial charge >= 0.3 is 0 Å². The number of pyridine rings is 1. The van der Waals surface area contributed by atoms with E-state index in [0.29, 0.717) is 5.69 Å². The fourth-order valence-corrected chi connectivity index (χ4v) is 0.687. The third-order valence-corrected chi connectivity index (χ3v) is 1.28. The fraction of sp³-hybridized carbons (Fsp3) is 0.125. The number of hydrogen-bond acceptors (Lipinski definition) is 2. The molecular formula is C8H9N2O. The Hall–Kier alpha value is -1.38. The molecule has 1 radical (unpaired) electrons. The van der Waals surface area contributed by atoms with Gasteiger partial charge in [-0.15, -0.1) is 0 Å². The molecule has 0 bridgehead atoms. The van der Waals surface area contributed by atoms with Crippen LogP contribution >= 0.6 is 0 Å². The molecule has 1 rings (SSSR count). The molecule has 0 saturated carbocycles. The minimum atomic E-state index is -0.176. The molecule has 3 nitrogen and oxygen atoms in total. The molecule has 1 aromatic heterocycles. The minimum absolute atomic E-state index is 0.176. The van der Waals surface area contributed by atoms with E-state index in [1.807, 2.05) is 0 Å². The van der Waals surface area contributed by atoms with Crippen molar-refractivity contribution >= 4 is 5.91 Å². The van der Waals surface area contributed by atoms with Crippen LogP contribution in [0.4, 0.5) is 0 Å². The molecule has 1 amide bonds. The van der Waals surface area contributed by atoms with Crippen LogP contribution in [-0.4, -0.2) is 17.9 Å². The number of nitrogens with zero attached hydrogens (tertiary/aromatic N) is 1. The molecule has 0 spiro atoms. The summed E-state index contributed by atoms with van der Waals surface area (Å²) in [6.45, 7) is 3.65. The van der Waals surface area contributed by atoms with Crippen LogP contribution in [0.25, 0.3) is 0 Å². The Bertz CT molecular complexity index is 253. The smallest absolute Gasteiger partial charge is 0.269 e. The Balaban J connectivity index is 2.90. The summed E-state index contributed by atoms with van der Waals surface area (Å²) in [6.07, 6.45) is 1.56. The molecule has 0 saturated heterocycles. The van der Waals surface area contributed by atoms with Gasteiger partial charge in [-0.3, -0.25) is 9.78 Å². The summed E-state index contributed by atoms with van der Waals surface area (Å²) in [6, 6.07) is 3.39. The van der Waals surface area contributed by atoms with Crippen LogP contribution in [0.15, 0.2) is 18.3 Å². The monoisotopic (exact) mass is 149 g/mol. The highest BCUT2D eigenvalue weighted by molar-refractivity contribution is 5.91. The maximum atomic E-state index is 10.9. The zero-order chi connectivity index (χ0) is 8.27. The largest absolute Gasteiger partial charge is 0.354 e. The molecule has 0 aromatic carbocycles. The van der Waals surface area contributed by atoms with Gasteiger partial charge < -0.3 is 5.32 Å². The average molecular weight is 149 g/mol. The van der Waals surface area contributed by atoms with Gasteiger partial charge in [-0.1, -0.05) is 6.07 Å². The first-order chi connectivity index (χ1) is 5.24. The predicted molar refractivity (Wildman–Crippen MR) is 42.1 cm³/mol. The first kappa shape index (κ1) is 7.72. The number of rotatable bonds is 1. The van der Waals surface area contributed by atoms with Gasteiger partial charge in [-0.2, -0.15) is 0 Å². The summed E-state index contributed by atoms with van der Waals surface area (Å²) < 4.78 is 0. The number of carbonyl (C=O) groups excluding carboxylic acids is 1. The zero-order valence-corrected chi connectivity index (χ0v) is 6.29. The molecule has 1 heterocycles. The quantitative estimate of drug-likeness (QED) is 0.636. The van der Waals surface area contributed by atoms with Crippen LogP contribution in [0.1, 0.15) is 16.1 Å². The molecule has 0 aliphatic rings. The van der Waals surface area contributed by atoms with E-state index < -0.39 is 0 Å². The van der Waals surface area contributed by atoms with E-state index in [-0.39, 0.29) is 5.91 Å². The molecule has 3 heteroatoms. The van der Waals surface area contributed by atoms with E-state index in [4.69, 9.17) is 0 Å². The molecule has 0 aliphatic heterocycles. The number of amides is 1. The van der Waals surface area contributed by atoms with E-state index in [2.05, 4.69) is 17.2 Å². The van der Waals surface area contributed by atoms with Crippen LogP contribution in [-0.2, 0) is 0 Å². The van der Waals surface area contributed by atoms with Gasteiger partial charge in [0.15, 0.2) is 0 Å². The Morgan fingerprint density at radius 2 is 2.36 bits per heavy atom. The molecule has 0 unspecified atom stereocenters. The van der Waals surface area contributed by atoms with Crippen LogP contribution in [0.3, 0.4) is 0 Å². The van der Waals surface area contributed by atoms with E-state index in [1.165, 1.54) is 0 Å². The van der Waals surface area contributed by atoms with Gasteiger partial charge in [0.05, 0.1) is 0 Å². The fourth-order valence-electron chi connectivity index (χ4n) is 0.687. The van der Waals surface area contributed by atoms with Crippen molar-refractivity contribution in [2.24, 2.45) is 0 Å². The Labute approximate surface area is 65.5 Å². The lowest BCUT2D eigenvalue weighted by molar-refractivity contribution is 0.0958. The number of hydrogen-bond donors (Lipinski definition) is 1. The molecular weight excluding hydrogens is 140 g/mol. The van der Waals surface area contributed by atoms with Crippen molar-refractivity contribution in [2.45, 2.75) is 0 Å². The summed E-state index contributed by atoms with van der Waals surface area (Å²) in [5, 5.41) is 2.48. The molecule has 0 fully saturated rings. The zero-order valence-electron chi connectivity index (χ0n) is 6.29. The maximum Gasteiger partial charge on any atom is 0.269 e. The molecule has 11 heavy (non-hydrogen) atoms. The van der Waals surface area contributed by atoms with Crippen LogP contribution < -0.4 is 5.32 Å². The first-order valence-corrected chi connectivity index (χ1v) is 3.24. The van der Waals surface area contributed by atoms with E-state index in [0.717, 1.165) is 5.56 Å². The minimum Gasteiger partial charge on any atom is -0.354 e. The number of aromatic nitrogens is 1. The third kappa shape index (κ3) is 1.77. The second-order valence-corrected chi connectivity index (χ2v) is 2.13. The standard InChI is InChI=1S/C8H9N2O/c1-6-3-4-7(10-5-6)8(11)9-2/h3-5H,1H2,2H3,(H,9,11). The third-order valence-electron chi connectivity index (χ3n) is 1.28. The molecule has 1 aromatic rings. The highest BCUT2D eigenvalue weighted by atomic mass is 16.1. The van der Waals surface area contributed by atoms with Crippen molar-refractivity contribution in [3.8, 4) is 0 Å². The second-order valence-electron chi connectivity index (χ2n) is 2.13. The lowest BCUT2D eigenvalue weighted by Crippen LogP contribution is -2.18. The SMILES string of the molecule is [CH2]c1ccc(C(=O)NC)nc1.